The number of alkyl halides is 3. The van der Waals surface area contributed by atoms with Crippen LogP contribution in [0.2, 0.25) is 0 Å². The predicted octanol–water partition coefficient (Wildman–Crippen LogP) is 4.93. The number of nitriles is 2. The third kappa shape index (κ3) is 7.14. The van der Waals surface area contributed by atoms with E-state index in [1.165, 1.54) is 35.5 Å². The van der Waals surface area contributed by atoms with E-state index in [-0.39, 0.29) is 29.6 Å². The molecule has 0 bridgehead atoms. The Morgan fingerprint density at radius 2 is 1.93 bits per heavy atom. The topological polar surface area (TPSA) is 146 Å². The van der Waals surface area contributed by atoms with Gasteiger partial charge in [-0.15, -0.1) is 0 Å². The zero-order chi connectivity index (χ0) is 30.7. The molecule has 3 aromatic rings. The number of anilines is 1. The van der Waals surface area contributed by atoms with Crippen LogP contribution in [0, 0.1) is 22.7 Å². The van der Waals surface area contributed by atoms with Crippen molar-refractivity contribution < 1.29 is 32.2 Å². The largest absolute Gasteiger partial charge is 0.484 e. The maximum absolute atomic E-state index is 12.9. The van der Waals surface area contributed by atoms with E-state index in [4.69, 9.17) is 9.47 Å². The van der Waals surface area contributed by atoms with Crippen molar-refractivity contribution in [1.29, 1.82) is 10.5 Å². The van der Waals surface area contributed by atoms with Crippen molar-refractivity contribution in [3.05, 3.63) is 60.0 Å². The SMILES string of the molecule is CC(C)(C)OC(=O)N1C[C@H](n2cc(-c3ncc(NC(=O)COc4cccc(C(F)(F)F)c4)cc3C#N)cn2)C[C@@H]1C#N. The van der Waals surface area contributed by atoms with Gasteiger partial charge in [-0.3, -0.25) is 19.4 Å². The summed E-state index contributed by atoms with van der Waals surface area (Å²) in [6, 6.07) is 8.70. The van der Waals surface area contributed by atoms with E-state index in [0.29, 0.717) is 17.7 Å². The zero-order valence-electron chi connectivity index (χ0n) is 22.8. The van der Waals surface area contributed by atoms with Gasteiger partial charge in [-0.05, 0) is 45.0 Å². The lowest BCUT2D eigenvalue weighted by Gasteiger charge is -2.25. The molecule has 1 fully saturated rings. The highest BCUT2D eigenvalue weighted by molar-refractivity contribution is 5.92. The Bertz CT molecular complexity index is 1570. The van der Waals surface area contributed by atoms with Crippen molar-refractivity contribution in [2.75, 3.05) is 18.5 Å². The molecule has 0 saturated carbocycles. The molecular weight excluding hydrogens is 555 g/mol. The molecule has 2 atom stereocenters. The highest BCUT2D eigenvalue weighted by Crippen LogP contribution is 2.32. The normalized spacial score (nSPS) is 16.8. The van der Waals surface area contributed by atoms with E-state index in [1.807, 2.05) is 6.07 Å². The third-order valence-corrected chi connectivity index (χ3v) is 6.13. The van der Waals surface area contributed by atoms with Gasteiger partial charge in [0.2, 0.25) is 0 Å². The summed E-state index contributed by atoms with van der Waals surface area (Å²) in [7, 11) is 0. The Labute approximate surface area is 239 Å². The van der Waals surface area contributed by atoms with E-state index >= 15 is 0 Å². The van der Waals surface area contributed by atoms with Crippen LogP contribution in [0.15, 0.2) is 48.9 Å². The quantitative estimate of drug-likeness (QED) is 0.431. The summed E-state index contributed by atoms with van der Waals surface area (Å²) in [6.45, 7) is 4.86. The van der Waals surface area contributed by atoms with E-state index < -0.39 is 42.0 Å². The van der Waals surface area contributed by atoms with Gasteiger partial charge < -0.3 is 14.8 Å². The Morgan fingerprint density at radius 3 is 2.60 bits per heavy atom. The molecule has 0 radical (unpaired) electrons. The van der Waals surface area contributed by atoms with Crippen LogP contribution < -0.4 is 10.1 Å². The van der Waals surface area contributed by atoms with Crippen LogP contribution in [0.4, 0.5) is 23.7 Å². The summed E-state index contributed by atoms with van der Waals surface area (Å²) in [5, 5.41) is 26.1. The number of nitrogens with zero attached hydrogens (tertiary/aromatic N) is 6. The molecule has 1 aromatic carbocycles. The second-order valence-corrected chi connectivity index (χ2v) is 10.5. The first-order valence-corrected chi connectivity index (χ1v) is 12.7. The maximum Gasteiger partial charge on any atom is 0.416 e. The number of ether oxygens (including phenoxy) is 2. The van der Waals surface area contributed by atoms with Crippen LogP contribution in [0.5, 0.6) is 5.75 Å². The van der Waals surface area contributed by atoms with Gasteiger partial charge in [0.05, 0.1) is 47.0 Å². The molecule has 0 unspecified atom stereocenters. The summed E-state index contributed by atoms with van der Waals surface area (Å²) in [5.41, 5.74) is -0.513. The molecule has 218 valence electrons. The fraction of sp³-hybridized carbons (Fsp3) is 0.357. The first-order chi connectivity index (χ1) is 19.8. The number of benzene rings is 1. The zero-order valence-corrected chi connectivity index (χ0v) is 22.8. The lowest BCUT2D eigenvalue weighted by Crippen LogP contribution is -2.39. The van der Waals surface area contributed by atoms with Crippen LogP contribution in [-0.2, 0) is 15.7 Å². The molecule has 1 aliphatic heterocycles. The first-order valence-electron chi connectivity index (χ1n) is 12.7. The number of rotatable bonds is 6. The summed E-state index contributed by atoms with van der Waals surface area (Å²) >= 11 is 0. The monoisotopic (exact) mass is 581 g/mol. The Balaban J connectivity index is 1.42. The van der Waals surface area contributed by atoms with Crippen molar-refractivity contribution in [1.82, 2.24) is 19.7 Å². The number of amides is 2. The highest BCUT2D eigenvalue weighted by Gasteiger charge is 2.39. The number of aromatic nitrogens is 3. The highest BCUT2D eigenvalue weighted by atomic mass is 19.4. The van der Waals surface area contributed by atoms with Crippen LogP contribution in [0.1, 0.15) is 44.4 Å². The molecule has 3 heterocycles. The standard InChI is InChI=1S/C28H26F3N7O4/c1-27(2,3)42-26(40)37-15-22(9-21(37)11-33)38-14-18(12-35-38)25-17(10-32)7-20(13-34-25)36-24(39)16-41-23-6-4-5-19(8-23)28(29,30)31/h4-8,12-14,21-22H,9,15-16H2,1-3H3,(H,36,39)/t21-,22-/m1/s1. The molecule has 11 nitrogen and oxygen atoms in total. The summed E-state index contributed by atoms with van der Waals surface area (Å²) in [6.07, 6.45) is -0.320. The molecule has 14 heteroatoms. The fourth-order valence-corrected chi connectivity index (χ4v) is 4.27. The minimum Gasteiger partial charge on any atom is -0.484 e. The average Bonchev–Trinajstić information content (AvgIpc) is 3.58. The molecule has 0 spiro atoms. The number of nitrogens with one attached hydrogen (secondary N) is 1. The van der Waals surface area contributed by atoms with Crippen LogP contribution in [-0.4, -0.2) is 56.5 Å². The second kappa shape index (κ2) is 11.8. The summed E-state index contributed by atoms with van der Waals surface area (Å²) in [4.78, 5) is 30.6. The minimum absolute atomic E-state index is 0.124. The third-order valence-electron chi connectivity index (χ3n) is 6.13. The maximum atomic E-state index is 12.9. The molecule has 1 aliphatic rings. The van der Waals surface area contributed by atoms with Gasteiger partial charge in [0.15, 0.2) is 6.61 Å². The van der Waals surface area contributed by atoms with E-state index in [9.17, 15) is 33.3 Å². The predicted molar refractivity (Wildman–Crippen MR) is 142 cm³/mol. The van der Waals surface area contributed by atoms with Crippen molar-refractivity contribution in [3.8, 4) is 29.1 Å². The van der Waals surface area contributed by atoms with Gasteiger partial charge in [-0.1, -0.05) is 6.07 Å². The molecule has 4 rings (SSSR count). The summed E-state index contributed by atoms with van der Waals surface area (Å²) in [5.74, 6) is -0.790. The van der Waals surface area contributed by atoms with Crippen molar-refractivity contribution in [3.63, 3.8) is 0 Å². The van der Waals surface area contributed by atoms with Gasteiger partial charge in [0.25, 0.3) is 5.91 Å². The molecule has 42 heavy (non-hydrogen) atoms. The lowest BCUT2D eigenvalue weighted by atomic mass is 10.1. The molecule has 2 amide bonds. The number of carbonyl (C=O) groups excluding carboxylic acids is 2. The van der Waals surface area contributed by atoms with Crippen LogP contribution in [0.3, 0.4) is 0 Å². The number of hydrogen-bond acceptors (Lipinski definition) is 8. The smallest absolute Gasteiger partial charge is 0.416 e. The fourth-order valence-electron chi connectivity index (χ4n) is 4.27. The number of pyridine rings is 1. The Morgan fingerprint density at radius 1 is 1.17 bits per heavy atom. The van der Waals surface area contributed by atoms with Gasteiger partial charge in [0.1, 0.15) is 23.5 Å². The van der Waals surface area contributed by atoms with Gasteiger partial charge in [-0.2, -0.15) is 28.8 Å². The number of halogens is 3. The first kappa shape index (κ1) is 29.9. The van der Waals surface area contributed by atoms with Crippen molar-refractivity contribution in [2.45, 2.75) is 51.1 Å². The van der Waals surface area contributed by atoms with E-state index in [0.717, 1.165) is 12.1 Å². The molecular formula is C28H26F3N7O4. The van der Waals surface area contributed by atoms with Crippen molar-refractivity contribution in [2.24, 2.45) is 0 Å². The Kier molecular flexibility index (Phi) is 8.38. The number of likely N-dealkylation sites (tertiary alicyclic amines) is 1. The summed E-state index contributed by atoms with van der Waals surface area (Å²) < 4.78 is 50.8. The number of carbonyl (C=O) groups is 2. The van der Waals surface area contributed by atoms with Crippen LogP contribution in [0.25, 0.3) is 11.3 Å². The lowest BCUT2D eigenvalue weighted by molar-refractivity contribution is -0.137. The molecule has 0 aliphatic carbocycles. The minimum atomic E-state index is -4.55. The van der Waals surface area contributed by atoms with Gasteiger partial charge in [-0.25, -0.2) is 4.79 Å². The Hall–Kier alpha value is -5.11. The van der Waals surface area contributed by atoms with Crippen LogP contribution >= 0.6 is 0 Å². The molecule has 1 N–H and O–H groups in total. The van der Waals surface area contributed by atoms with Gasteiger partial charge >= 0.3 is 12.3 Å². The van der Waals surface area contributed by atoms with E-state index in [1.54, 1.807) is 31.6 Å². The van der Waals surface area contributed by atoms with E-state index in [2.05, 4.69) is 21.5 Å². The molecule has 1 saturated heterocycles. The van der Waals surface area contributed by atoms with Gasteiger partial charge in [0, 0.05) is 24.7 Å². The van der Waals surface area contributed by atoms with Crippen molar-refractivity contribution >= 4 is 17.7 Å². The number of hydrogen-bond donors (Lipinski definition) is 1. The average molecular weight is 582 g/mol. The molecule has 2 aromatic heterocycles. The second-order valence-electron chi connectivity index (χ2n) is 10.5.